The van der Waals surface area contributed by atoms with Crippen LogP contribution in [-0.2, 0) is 17.3 Å². The Morgan fingerprint density at radius 3 is 2.56 bits per heavy atom. The van der Waals surface area contributed by atoms with Gasteiger partial charge in [0.2, 0.25) is 0 Å². The topological polar surface area (TPSA) is 49.8 Å². The Labute approximate surface area is 182 Å². The van der Waals surface area contributed by atoms with Gasteiger partial charge in [0, 0.05) is 24.8 Å². The first kappa shape index (κ1) is 23.5. The molecule has 3 atom stereocenters. The van der Waals surface area contributed by atoms with Crippen LogP contribution in [0.2, 0.25) is 0 Å². The number of unbranched alkanes of at least 4 members (excludes halogenated alkanes) is 1. The second kappa shape index (κ2) is 10.8. The SMILES string of the molecule is CCCCO[C@H](c1nccs1)[C@H]1CC1C(C)(C)OCCCOC(C)(C)OI. The summed E-state index contributed by atoms with van der Waals surface area (Å²) in [5.74, 6) is 0.447. The number of rotatable bonds is 14. The average molecular weight is 511 g/mol. The normalized spacial score (nSPS) is 21.4. The van der Waals surface area contributed by atoms with Crippen LogP contribution in [-0.4, -0.2) is 36.2 Å². The summed E-state index contributed by atoms with van der Waals surface area (Å²) in [6.45, 7) is 12.5. The molecule has 1 aromatic heterocycles. The van der Waals surface area contributed by atoms with Gasteiger partial charge in [-0.05, 0) is 58.8 Å². The van der Waals surface area contributed by atoms with Crippen molar-refractivity contribution in [3.63, 3.8) is 0 Å². The first-order valence-corrected chi connectivity index (χ1v) is 11.7. The Balaban J connectivity index is 1.79. The summed E-state index contributed by atoms with van der Waals surface area (Å²) in [5.41, 5.74) is -0.163. The van der Waals surface area contributed by atoms with Gasteiger partial charge in [-0.15, -0.1) is 11.3 Å². The molecule has 0 amide bonds. The molecule has 156 valence electrons. The largest absolute Gasteiger partial charge is 0.375 e. The summed E-state index contributed by atoms with van der Waals surface area (Å²) < 4.78 is 23.4. The van der Waals surface area contributed by atoms with Crippen molar-refractivity contribution >= 4 is 34.3 Å². The monoisotopic (exact) mass is 511 g/mol. The van der Waals surface area contributed by atoms with Gasteiger partial charge in [-0.2, -0.15) is 0 Å². The van der Waals surface area contributed by atoms with Crippen LogP contribution in [0.5, 0.6) is 0 Å². The fraction of sp³-hybridized carbons (Fsp3) is 0.850. The molecular formula is C20H34INO4S. The van der Waals surface area contributed by atoms with Crippen LogP contribution in [0.25, 0.3) is 0 Å². The van der Waals surface area contributed by atoms with E-state index in [4.69, 9.17) is 17.3 Å². The number of hydrogen-bond acceptors (Lipinski definition) is 6. The Bertz CT molecular complexity index is 538. The second-order valence-electron chi connectivity index (χ2n) is 8.15. The van der Waals surface area contributed by atoms with E-state index in [0.29, 0.717) is 25.0 Å². The fourth-order valence-corrected chi connectivity index (χ4v) is 4.18. The molecule has 0 N–H and O–H groups in total. The summed E-state index contributed by atoms with van der Waals surface area (Å²) in [6, 6.07) is 0. The Morgan fingerprint density at radius 2 is 1.93 bits per heavy atom. The minimum absolute atomic E-state index is 0.106. The van der Waals surface area contributed by atoms with E-state index in [-0.39, 0.29) is 11.7 Å². The van der Waals surface area contributed by atoms with Crippen molar-refractivity contribution in [3.05, 3.63) is 16.6 Å². The first-order chi connectivity index (χ1) is 12.8. The van der Waals surface area contributed by atoms with Crippen LogP contribution in [0.3, 0.4) is 0 Å². The molecule has 0 saturated heterocycles. The highest BCUT2D eigenvalue weighted by atomic mass is 127. The molecule has 1 aliphatic carbocycles. The van der Waals surface area contributed by atoms with Crippen molar-refractivity contribution in [3.8, 4) is 0 Å². The maximum Gasteiger partial charge on any atom is 0.173 e. The van der Waals surface area contributed by atoms with Gasteiger partial charge in [-0.3, -0.25) is 3.07 Å². The molecule has 5 nitrogen and oxygen atoms in total. The molecular weight excluding hydrogens is 477 g/mol. The van der Waals surface area contributed by atoms with E-state index in [9.17, 15) is 0 Å². The molecule has 0 radical (unpaired) electrons. The van der Waals surface area contributed by atoms with E-state index in [1.807, 2.05) is 48.4 Å². The van der Waals surface area contributed by atoms with Crippen LogP contribution in [0.4, 0.5) is 0 Å². The number of hydrogen-bond donors (Lipinski definition) is 0. The molecule has 7 heteroatoms. The predicted octanol–water partition coefficient (Wildman–Crippen LogP) is 5.94. The smallest absolute Gasteiger partial charge is 0.173 e. The lowest BCUT2D eigenvalue weighted by atomic mass is 9.99. The number of aromatic nitrogens is 1. The molecule has 1 aliphatic rings. The molecule has 1 heterocycles. The van der Waals surface area contributed by atoms with Crippen molar-refractivity contribution in [1.29, 1.82) is 0 Å². The lowest BCUT2D eigenvalue weighted by Crippen LogP contribution is -2.30. The van der Waals surface area contributed by atoms with Crippen molar-refractivity contribution in [1.82, 2.24) is 4.98 Å². The molecule has 1 aromatic rings. The molecule has 0 aromatic carbocycles. The van der Waals surface area contributed by atoms with Crippen molar-refractivity contribution in [2.24, 2.45) is 11.8 Å². The van der Waals surface area contributed by atoms with Crippen molar-refractivity contribution in [2.75, 3.05) is 19.8 Å². The Morgan fingerprint density at radius 1 is 1.19 bits per heavy atom. The zero-order valence-electron chi connectivity index (χ0n) is 17.2. The summed E-state index contributed by atoms with van der Waals surface area (Å²) in [4.78, 5) is 4.51. The van der Waals surface area contributed by atoms with Crippen molar-refractivity contribution in [2.45, 2.75) is 77.8 Å². The van der Waals surface area contributed by atoms with Gasteiger partial charge >= 0.3 is 0 Å². The number of halogens is 1. The summed E-state index contributed by atoms with van der Waals surface area (Å²) in [7, 11) is 0. The maximum absolute atomic E-state index is 6.23. The van der Waals surface area contributed by atoms with E-state index in [1.165, 1.54) is 0 Å². The third kappa shape index (κ3) is 7.51. The second-order valence-corrected chi connectivity index (χ2v) is 9.52. The van der Waals surface area contributed by atoms with E-state index in [2.05, 4.69) is 25.8 Å². The van der Waals surface area contributed by atoms with Gasteiger partial charge in [0.1, 0.15) is 34.1 Å². The van der Waals surface area contributed by atoms with Crippen molar-refractivity contribution < 1.29 is 17.3 Å². The highest BCUT2D eigenvalue weighted by molar-refractivity contribution is 14.1. The van der Waals surface area contributed by atoms with Gasteiger partial charge in [0.05, 0.1) is 12.2 Å². The third-order valence-corrected chi connectivity index (χ3v) is 6.91. The summed E-state index contributed by atoms with van der Waals surface area (Å²) in [5, 5.41) is 3.13. The molecule has 1 unspecified atom stereocenters. The predicted molar refractivity (Wildman–Crippen MR) is 117 cm³/mol. The zero-order chi connectivity index (χ0) is 19.9. The van der Waals surface area contributed by atoms with E-state index < -0.39 is 5.79 Å². The van der Waals surface area contributed by atoms with Gasteiger partial charge in [0.25, 0.3) is 0 Å². The lowest BCUT2D eigenvalue weighted by Gasteiger charge is -2.28. The average Bonchev–Trinajstić information content (AvgIpc) is 3.25. The van der Waals surface area contributed by atoms with Gasteiger partial charge < -0.3 is 14.2 Å². The highest BCUT2D eigenvalue weighted by Gasteiger charge is 2.53. The summed E-state index contributed by atoms with van der Waals surface area (Å²) >= 11 is 3.57. The molecule has 1 fully saturated rings. The van der Waals surface area contributed by atoms with Gasteiger partial charge in [-0.1, -0.05) is 13.3 Å². The van der Waals surface area contributed by atoms with E-state index in [1.54, 1.807) is 11.3 Å². The third-order valence-electron chi connectivity index (χ3n) is 5.01. The van der Waals surface area contributed by atoms with Crippen LogP contribution in [0, 0.1) is 11.8 Å². The van der Waals surface area contributed by atoms with Gasteiger partial charge in [0.15, 0.2) is 5.79 Å². The van der Waals surface area contributed by atoms with Crippen LogP contribution in [0.1, 0.15) is 71.4 Å². The quantitative estimate of drug-likeness (QED) is 0.176. The van der Waals surface area contributed by atoms with Gasteiger partial charge in [-0.25, -0.2) is 4.98 Å². The minimum Gasteiger partial charge on any atom is -0.375 e. The molecule has 27 heavy (non-hydrogen) atoms. The summed E-state index contributed by atoms with van der Waals surface area (Å²) in [6.07, 6.45) is 6.21. The highest BCUT2D eigenvalue weighted by Crippen LogP contribution is 2.55. The molecule has 1 saturated carbocycles. The molecule has 0 aliphatic heterocycles. The van der Waals surface area contributed by atoms with Crippen LogP contribution >= 0.6 is 34.3 Å². The standard InChI is InChI=1S/C20H34INO4S/c1-6-7-10-23-17(18-22-9-13-27-18)15-14-16(15)19(2,3)24-11-8-12-25-20(4,5)26-21/h9,13,15-17H,6-8,10-12,14H2,1-5H3/t15-,16?,17-/m0/s1. The number of ether oxygens (including phenoxy) is 3. The molecule has 0 bridgehead atoms. The van der Waals surface area contributed by atoms with E-state index in [0.717, 1.165) is 37.3 Å². The molecule has 0 spiro atoms. The molecule has 2 rings (SSSR count). The van der Waals surface area contributed by atoms with Crippen LogP contribution in [0.15, 0.2) is 11.6 Å². The fourth-order valence-electron chi connectivity index (χ4n) is 3.30. The lowest BCUT2D eigenvalue weighted by molar-refractivity contribution is -0.139. The maximum atomic E-state index is 6.23. The number of thiazole rings is 1. The Hall–Kier alpha value is 0.200. The first-order valence-electron chi connectivity index (χ1n) is 9.89. The number of nitrogens with zero attached hydrogens (tertiary/aromatic N) is 1. The Kier molecular flexibility index (Phi) is 9.42. The zero-order valence-corrected chi connectivity index (χ0v) is 20.2. The van der Waals surface area contributed by atoms with Crippen LogP contribution < -0.4 is 0 Å². The van der Waals surface area contributed by atoms with E-state index >= 15 is 0 Å². The minimum atomic E-state index is -0.547.